The lowest BCUT2D eigenvalue weighted by Gasteiger charge is -2.17. The Balaban J connectivity index is 0.00000364. The van der Waals surface area contributed by atoms with Gasteiger partial charge in [0.1, 0.15) is 14.8 Å². The fraction of sp³-hybridized carbons (Fsp3) is 0.444. The number of aliphatic imine (C=N–C) groups is 1. The Bertz CT molecular complexity index is 823. The largest absolute Gasteiger partial charge is 0.357 e. The molecule has 27 heavy (non-hydrogen) atoms. The third kappa shape index (κ3) is 9.02. The van der Waals surface area contributed by atoms with Crippen molar-refractivity contribution >= 4 is 51.1 Å². The van der Waals surface area contributed by atoms with Gasteiger partial charge in [-0.15, -0.1) is 35.3 Å². The minimum absolute atomic E-state index is 0. The first-order valence-corrected chi connectivity index (χ1v) is 11.5. The number of benzene rings is 1. The Morgan fingerprint density at radius 3 is 2.63 bits per heavy atom. The van der Waals surface area contributed by atoms with Crippen LogP contribution in [0.2, 0.25) is 0 Å². The van der Waals surface area contributed by atoms with Crippen molar-refractivity contribution in [3.8, 4) is 11.3 Å². The molecule has 0 aliphatic heterocycles. The van der Waals surface area contributed by atoms with Crippen LogP contribution in [0.3, 0.4) is 0 Å². The lowest BCUT2D eigenvalue weighted by Crippen LogP contribution is -2.42. The Kier molecular flexibility index (Phi) is 10.2. The second-order valence-electron chi connectivity index (χ2n) is 6.15. The first kappa shape index (κ1) is 23.8. The summed E-state index contributed by atoms with van der Waals surface area (Å²) in [7, 11) is -2.95. The summed E-state index contributed by atoms with van der Waals surface area (Å²) in [6.07, 6.45) is 1.80. The lowest BCUT2D eigenvalue weighted by molar-refractivity contribution is 0.581. The number of aromatic nitrogens is 1. The minimum Gasteiger partial charge on any atom is -0.357 e. The molecule has 2 N–H and O–H groups in total. The van der Waals surface area contributed by atoms with Crippen molar-refractivity contribution < 1.29 is 8.42 Å². The van der Waals surface area contributed by atoms with Crippen LogP contribution in [0, 0.1) is 0 Å². The fourth-order valence-electron chi connectivity index (χ4n) is 2.29. The maximum Gasteiger partial charge on any atom is 0.191 e. The van der Waals surface area contributed by atoms with Gasteiger partial charge in [-0.05, 0) is 20.3 Å². The van der Waals surface area contributed by atoms with Crippen LogP contribution in [0.15, 0.2) is 40.7 Å². The summed E-state index contributed by atoms with van der Waals surface area (Å²) in [5.41, 5.74) is 2.05. The number of sulfone groups is 1. The van der Waals surface area contributed by atoms with Crippen molar-refractivity contribution in [3.63, 3.8) is 0 Å². The number of rotatable bonds is 8. The Morgan fingerprint density at radius 1 is 1.30 bits per heavy atom. The molecule has 1 aromatic heterocycles. The zero-order valence-corrected chi connectivity index (χ0v) is 19.8. The van der Waals surface area contributed by atoms with Gasteiger partial charge in [-0.2, -0.15) is 0 Å². The molecular formula is C18H27IN4O2S2. The molecule has 1 aromatic carbocycles. The van der Waals surface area contributed by atoms with E-state index in [1.54, 1.807) is 11.3 Å². The molecule has 150 valence electrons. The molecule has 2 aromatic rings. The summed E-state index contributed by atoms with van der Waals surface area (Å²) < 4.78 is 22.6. The molecule has 0 bridgehead atoms. The van der Waals surface area contributed by atoms with Crippen molar-refractivity contribution in [2.45, 2.75) is 32.9 Å². The SMILES string of the molecule is CCNC(=NCc1nc(-c2ccccc2)cs1)NC(C)CCS(C)(=O)=O.I. The Morgan fingerprint density at radius 2 is 2.00 bits per heavy atom. The van der Waals surface area contributed by atoms with E-state index in [9.17, 15) is 8.42 Å². The van der Waals surface area contributed by atoms with E-state index in [4.69, 9.17) is 0 Å². The molecule has 0 saturated heterocycles. The summed E-state index contributed by atoms with van der Waals surface area (Å²) in [4.78, 5) is 9.20. The van der Waals surface area contributed by atoms with Crippen LogP contribution in [0.25, 0.3) is 11.3 Å². The van der Waals surface area contributed by atoms with Gasteiger partial charge in [-0.25, -0.2) is 18.4 Å². The summed E-state index contributed by atoms with van der Waals surface area (Å²) in [5.74, 6) is 0.831. The molecule has 0 aliphatic rings. The highest BCUT2D eigenvalue weighted by Crippen LogP contribution is 2.21. The quantitative estimate of drug-likeness (QED) is 0.316. The standard InChI is InChI=1S/C18H26N4O2S2.HI/c1-4-19-18(21-14(2)10-11-26(3,23)24)20-12-17-22-16(13-25-17)15-8-6-5-7-9-15;/h5-9,13-14H,4,10-12H2,1-3H3,(H2,19,20,21);1H. The van der Waals surface area contributed by atoms with Crippen LogP contribution in [0.5, 0.6) is 0 Å². The van der Waals surface area contributed by atoms with Crippen molar-refractivity contribution in [3.05, 3.63) is 40.7 Å². The maximum atomic E-state index is 11.3. The van der Waals surface area contributed by atoms with E-state index in [0.717, 1.165) is 22.8 Å². The smallest absolute Gasteiger partial charge is 0.191 e. The highest BCUT2D eigenvalue weighted by Gasteiger charge is 2.10. The number of halogens is 1. The van der Waals surface area contributed by atoms with E-state index in [0.29, 0.717) is 18.9 Å². The van der Waals surface area contributed by atoms with E-state index < -0.39 is 9.84 Å². The number of hydrogen-bond acceptors (Lipinski definition) is 5. The number of nitrogens with one attached hydrogen (secondary N) is 2. The van der Waals surface area contributed by atoms with Crippen LogP contribution in [0.4, 0.5) is 0 Å². The fourth-order valence-corrected chi connectivity index (χ4v) is 3.80. The number of thiazole rings is 1. The molecule has 0 fully saturated rings. The highest BCUT2D eigenvalue weighted by molar-refractivity contribution is 14.0. The van der Waals surface area contributed by atoms with Gasteiger partial charge >= 0.3 is 0 Å². The molecule has 0 spiro atoms. The minimum atomic E-state index is -2.95. The van der Waals surface area contributed by atoms with Crippen LogP contribution in [-0.2, 0) is 16.4 Å². The van der Waals surface area contributed by atoms with Crippen LogP contribution in [0.1, 0.15) is 25.3 Å². The van der Waals surface area contributed by atoms with Gasteiger partial charge in [0.2, 0.25) is 0 Å². The first-order chi connectivity index (χ1) is 12.4. The monoisotopic (exact) mass is 522 g/mol. The van der Waals surface area contributed by atoms with E-state index >= 15 is 0 Å². The van der Waals surface area contributed by atoms with E-state index in [1.165, 1.54) is 6.26 Å². The van der Waals surface area contributed by atoms with Crippen molar-refractivity contribution in [2.75, 3.05) is 18.6 Å². The Labute approximate surface area is 182 Å². The van der Waals surface area contributed by atoms with Crippen LogP contribution >= 0.6 is 35.3 Å². The van der Waals surface area contributed by atoms with Crippen molar-refractivity contribution in [1.82, 2.24) is 15.6 Å². The highest BCUT2D eigenvalue weighted by atomic mass is 127. The summed E-state index contributed by atoms with van der Waals surface area (Å²) >= 11 is 1.58. The molecule has 1 heterocycles. The van der Waals surface area contributed by atoms with E-state index in [-0.39, 0.29) is 35.8 Å². The second kappa shape index (κ2) is 11.6. The van der Waals surface area contributed by atoms with E-state index in [1.807, 2.05) is 49.6 Å². The van der Waals surface area contributed by atoms with Crippen LogP contribution < -0.4 is 10.6 Å². The normalized spacial score (nSPS) is 12.9. The van der Waals surface area contributed by atoms with Crippen LogP contribution in [-0.4, -0.2) is 44.0 Å². The zero-order valence-electron chi connectivity index (χ0n) is 15.8. The number of hydrogen-bond donors (Lipinski definition) is 2. The molecule has 0 saturated carbocycles. The van der Waals surface area contributed by atoms with E-state index in [2.05, 4.69) is 20.6 Å². The molecule has 1 atom stereocenters. The summed E-state index contributed by atoms with van der Waals surface area (Å²) in [6.45, 7) is 5.16. The van der Waals surface area contributed by atoms with Gasteiger partial charge in [0, 0.05) is 29.8 Å². The lowest BCUT2D eigenvalue weighted by atomic mass is 10.2. The van der Waals surface area contributed by atoms with Gasteiger partial charge in [0.15, 0.2) is 5.96 Å². The third-order valence-electron chi connectivity index (χ3n) is 3.64. The average molecular weight is 522 g/mol. The second-order valence-corrected chi connectivity index (χ2v) is 9.35. The molecule has 0 amide bonds. The van der Waals surface area contributed by atoms with Crippen molar-refractivity contribution in [2.24, 2.45) is 4.99 Å². The van der Waals surface area contributed by atoms with Gasteiger partial charge in [-0.1, -0.05) is 30.3 Å². The first-order valence-electron chi connectivity index (χ1n) is 8.59. The molecule has 2 rings (SSSR count). The Hall–Kier alpha value is -1.20. The maximum absolute atomic E-state index is 11.3. The third-order valence-corrected chi connectivity index (χ3v) is 5.45. The molecule has 0 radical (unpaired) electrons. The summed E-state index contributed by atoms with van der Waals surface area (Å²) in [5, 5.41) is 9.41. The summed E-state index contributed by atoms with van der Waals surface area (Å²) in [6, 6.07) is 10.1. The van der Waals surface area contributed by atoms with Gasteiger partial charge < -0.3 is 10.6 Å². The zero-order chi connectivity index (χ0) is 19.0. The topological polar surface area (TPSA) is 83.4 Å². The van der Waals surface area contributed by atoms with Crippen molar-refractivity contribution in [1.29, 1.82) is 0 Å². The van der Waals surface area contributed by atoms with Gasteiger partial charge in [0.05, 0.1) is 18.0 Å². The predicted octanol–water partition coefficient (Wildman–Crippen LogP) is 3.31. The molecule has 6 nitrogen and oxygen atoms in total. The predicted molar refractivity (Wildman–Crippen MR) is 125 cm³/mol. The van der Waals surface area contributed by atoms with Gasteiger partial charge in [-0.3, -0.25) is 0 Å². The van der Waals surface area contributed by atoms with Gasteiger partial charge in [0.25, 0.3) is 0 Å². The molecule has 1 unspecified atom stereocenters. The number of guanidine groups is 1. The molecular weight excluding hydrogens is 495 g/mol. The number of nitrogens with zero attached hydrogens (tertiary/aromatic N) is 2. The molecule has 0 aliphatic carbocycles. The average Bonchev–Trinajstić information content (AvgIpc) is 3.07. The molecule has 9 heteroatoms.